The summed E-state index contributed by atoms with van der Waals surface area (Å²) in [6.45, 7) is 6.33. The van der Waals surface area contributed by atoms with Gasteiger partial charge in [-0.05, 0) is 53.4 Å². The molecule has 0 atom stereocenters. The normalized spacial score (nSPS) is 15.8. The molecule has 2 N–H and O–H groups in total. The van der Waals surface area contributed by atoms with Crippen LogP contribution in [0.3, 0.4) is 0 Å². The summed E-state index contributed by atoms with van der Waals surface area (Å²) >= 11 is 0. The molecule has 0 aliphatic heterocycles. The third-order valence-electron chi connectivity index (χ3n) is 4.19. The topological polar surface area (TPSA) is 91.7 Å². The number of rotatable bonds is 14. The van der Waals surface area contributed by atoms with E-state index in [0.717, 1.165) is 0 Å². The summed E-state index contributed by atoms with van der Waals surface area (Å²) in [5.74, 6) is -2.97. The van der Waals surface area contributed by atoms with Crippen molar-refractivity contribution in [3.63, 3.8) is 0 Å². The Labute approximate surface area is 151 Å². The maximum absolute atomic E-state index is 12.3. The summed E-state index contributed by atoms with van der Waals surface area (Å²) in [4.78, 5) is 34.5. The van der Waals surface area contributed by atoms with Gasteiger partial charge < -0.3 is 10.2 Å². The molecule has 5 nitrogen and oxygen atoms in total. The van der Waals surface area contributed by atoms with Crippen LogP contribution < -0.4 is 0 Å². The lowest BCUT2D eigenvalue weighted by molar-refractivity contribution is -0.148. The van der Waals surface area contributed by atoms with E-state index in [1.54, 1.807) is 27.7 Å². The van der Waals surface area contributed by atoms with E-state index in [9.17, 15) is 14.4 Å². The van der Waals surface area contributed by atoms with Crippen LogP contribution in [0.5, 0.6) is 0 Å². The second-order valence-electron chi connectivity index (χ2n) is 7.47. The highest BCUT2D eigenvalue weighted by Crippen LogP contribution is 2.25. The van der Waals surface area contributed by atoms with Gasteiger partial charge in [-0.15, -0.1) is 0 Å². The zero-order valence-electron chi connectivity index (χ0n) is 19.3. The summed E-state index contributed by atoms with van der Waals surface area (Å²) in [5.41, 5.74) is -1.84. The van der Waals surface area contributed by atoms with Crippen LogP contribution in [0.1, 0.15) is 97.3 Å². The van der Waals surface area contributed by atoms with Crippen molar-refractivity contribution >= 4 is 17.7 Å². The lowest BCUT2D eigenvalue weighted by Crippen LogP contribution is -2.23. The fourth-order valence-electron chi connectivity index (χ4n) is 2.06. The number of carbonyl (C=O) groups is 3. The van der Waals surface area contributed by atoms with Gasteiger partial charge in [-0.3, -0.25) is 14.4 Å². The van der Waals surface area contributed by atoms with Gasteiger partial charge in [0.25, 0.3) is 0 Å². The zero-order valence-corrected chi connectivity index (χ0v) is 15.3. The van der Waals surface area contributed by atoms with E-state index in [4.69, 9.17) is 15.7 Å². The van der Waals surface area contributed by atoms with Crippen LogP contribution in [0, 0.1) is 10.8 Å². The second-order valence-corrected chi connectivity index (χ2v) is 7.47. The fraction of sp³-hybridized carbons (Fsp3) is 0.842. The molecule has 0 unspecified atom stereocenters. The lowest BCUT2D eigenvalue weighted by atomic mass is 9.86. The van der Waals surface area contributed by atoms with Gasteiger partial charge in [-0.25, -0.2) is 0 Å². The predicted octanol–water partition coefficient (Wildman–Crippen LogP) is 4.68. The molecule has 0 bridgehead atoms. The van der Waals surface area contributed by atoms with E-state index in [2.05, 4.69) is 0 Å². The third kappa shape index (κ3) is 9.68. The van der Waals surface area contributed by atoms with Crippen LogP contribution in [0.15, 0.2) is 0 Å². The van der Waals surface area contributed by atoms with Crippen LogP contribution in [0.25, 0.3) is 0 Å². The minimum Gasteiger partial charge on any atom is -0.481 e. The van der Waals surface area contributed by atoms with Crippen molar-refractivity contribution in [2.75, 3.05) is 0 Å². The smallest absolute Gasteiger partial charge is 0.309 e. The van der Waals surface area contributed by atoms with Crippen molar-refractivity contribution in [2.45, 2.75) is 91.8 Å². The zero-order chi connectivity index (χ0) is 22.4. The van der Waals surface area contributed by atoms with Crippen molar-refractivity contribution in [3.05, 3.63) is 0 Å². The highest BCUT2D eigenvalue weighted by Gasteiger charge is 2.26. The summed E-state index contributed by atoms with van der Waals surface area (Å²) in [6, 6.07) is 0. The molecular weight excluding hydrogens is 308 g/mol. The maximum atomic E-state index is 12.3. The first-order valence-electron chi connectivity index (χ1n) is 10.5. The lowest BCUT2D eigenvalue weighted by Gasteiger charge is -2.18. The quantitative estimate of drug-likeness (QED) is 0.446. The van der Waals surface area contributed by atoms with Crippen molar-refractivity contribution in [3.8, 4) is 0 Å². The fourth-order valence-corrected chi connectivity index (χ4v) is 2.06. The summed E-state index contributed by atoms with van der Waals surface area (Å²) < 4.78 is 31.7. The molecule has 0 spiro atoms. The van der Waals surface area contributed by atoms with Crippen LogP contribution in [-0.4, -0.2) is 27.9 Å². The van der Waals surface area contributed by atoms with E-state index in [1.165, 1.54) is 0 Å². The molecule has 140 valence electrons. The molecule has 0 saturated carbocycles. The Morgan fingerprint density at radius 1 is 0.708 bits per heavy atom. The number of Topliss-reactive ketones (excluding diaryl/α,β-unsaturated/α-hetero) is 1. The highest BCUT2D eigenvalue weighted by atomic mass is 16.4. The molecular formula is C19H34O5. The number of aliphatic carboxylic acids is 2. The SMILES string of the molecule is [2H]C([2H])(CCCCC(C)(C)C(=O)O)C(=O)C([2H])([2H])CCCCC(C)(C)C(=O)O. The number of unbranched alkanes of at least 4 members (excludes halogenated alkanes) is 2. The van der Waals surface area contributed by atoms with E-state index < -0.39 is 41.3 Å². The van der Waals surface area contributed by atoms with Crippen LogP contribution in [-0.2, 0) is 14.4 Å². The predicted molar refractivity (Wildman–Crippen MR) is 94.0 cm³/mol. The molecule has 0 rings (SSSR count). The Balaban J connectivity index is 4.55. The number of carbonyl (C=O) groups excluding carboxylic acids is 1. The monoisotopic (exact) mass is 346 g/mol. The summed E-state index contributed by atoms with van der Waals surface area (Å²) in [6.07, 6.45) is -2.83. The van der Waals surface area contributed by atoms with Crippen LogP contribution in [0.4, 0.5) is 0 Å². The first kappa shape index (κ1) is 16.1. The van der Waals surface area contributed by atoms with Crippen molar-refractivity contribution in [1.82, 2.24) is 0 Å². The Bertz CT molecular complexity index is 523. The first-order chi connectivity index (χ1) is 12.5. The van der Waals surface area contributed by atoms with Gasteiger partial charge in [0.05, 0.1) is 10.8 Å². The first-order valence-corrected chi connectivity index (χ1v) is 8.47. The van der Waals surface area contributed by atoms with E-state index in [1.807, 2.05) is 0 Å². The average Bonchev–Trinajstić information content (AvgIpc) is 2.54. The Hall–Kier alpha value is -1.39. The molecule has 0 aromatic rings. The largest absolute Gasteiger partial charge is 0.481 e. The minimum absolute atomic E-state index is 0.160. The van der Waals surface area contributed by atoms with Crippen molar-refractivity contribution < 1.29 is 30.1 Å². The molecule has 0 heterocycles. The average molecular weight is 347 g/mol. The molecule has 0 amide bonds. The van der Waals surface area contributed by atoms with Crippen LogP contribution >= 0.6 is 0 Å². The molecule has 0 aromatic carbocycles. The number of hydrogen-bond donors (Lipinski definition) is 2. The minimum atomic E-state index is -2.32. The van der Waals surface area contributed by atoms with Crippen molar-refractivity contribution in [2.24, 2.45) is 10.8 Å². The Morgan fingerprint density at radius 2 is 1.04 bits per heavy atom. The van der Waals surface area contributed by atoms with Crippen molar-refractivity contribution in [1.29, 1.82) is 0 Å². The number of ketones is 1. The Morgan fingerprint density at radius 3 is 1.33 bits per heavy atom. The number of carboxylic acid groups (broad SMARTS) is 2. The highest BCUT2D eigenvalue weighted by molar-refractivity contribution is 5.78. The van der Waals surface area contributed by atoms with Gasteiger partial charge in [-0.2, -0.15) is 0 Å². The molecule has 0 aliphatic carbocycles. The van der Waals surface area contributed by atoms with Gasteiger partial charge in [0.2, 0.25) is 0 Å². The molecule has 0 saturated heterocycles. The van der Waals surface area contributed by atoms with Gasteiger partial charge in [-0.1, -0.05) is 25.7 Å². The summed E-state index contributed by atoms with van der Waals surface area (Å²) in [7, 11) is 0. The molecule has 0 aliphatic rings. The molecule has 24 heavy (non-hydrogen) atoms. The number of carboxylic acids is 2. The number of hydrogen-bond acceptors (Lipinski definition) is 3. The van der Waals surface area contributed by atoms with Crippen LogP contribution in [0.2, 0.25) is 0 Å². The van der Waals surface area contributed by atoms with E-state index in [-0.39, 0.29) is 12.8 Å². The maximum Gasteiger partial charge on any atom is 0.309 e. The summed E-state index contributed by atoms with van der Waals surface area (Å²) in [5, 5.41) is 18.1. The van der Waals surface area contributed by atoms with Gasteiger partial charge in [0.1, 0.15) is 5.78 Å². The van der Waals surface area contributed by atoms with E-state index in [0.29, 0.717) is 38.5 Å². The van der Waals surface area contributed by atoms with Gasteiger partial charge in [0.15, 0.2) is 0 Å². The molecule has 5 heteroatoms. The van der Waals surface area contributed by atoms with E-state index >= 15 is 0 Å². The molecule has 0 aromatic heterocycles. The van der Waals surface area contributed by atoms with Gasteiger partial charge >= 0.3 is 11.9 Å². The second kappa shape index (κ2) is 10.5. The molecule has 0 radical (unpaired) electrons. The molecule has 0 fully saturated rings. The standard InChI is InChI=1S/C19H34O5/c1-18(2,16(21)22)13-9-5-7-11-15(20)12-8-6-10-14-19(3,4)17(23)24/h5-14H2,1-4H3,(H,21,22)(H,23,24)/i11D2,12D2. The Kier molecular flexibility index (Phi) is 7.02. The third-order valence-corrected chi connectivity index (χ3v) is 4.19. The van der Waals surface area contributed by atoms with Gasteiger partial charge in [0, 0.05) is 18.2 Å².